The Labute approximate surface area is 149 Å². The van der Waals surface area contributed by atoms with Crippen molar-refractivity contribution in [1.29, 1.82) is 0 Å². The number of halogens is 1. The number of hydrogen-bond acceptors (Lipinski definition) is 3. The van der Waals surface area contributed by atoms with E-state index in [0.29, 0.717) is 25.3 Å². The van der Waals surface area contributed by atoms with Crippen molar-refractivity contribution in [2.45, 2.75) is 64.7 Å². The van der Waals surface area contributed by atoms with E-state index in [1.165, 1.54) is 6.42 Å². The van der Waals surface area contributed by atoms with Crippen molar-refractivity contribution < 1.29 is 13.9 Å². The smallest absolute Gasteiger partial charge is 0.223 e. The van der Waals surface area contributed by atoms with Crippen LogP contribution < -0.4 is 10.2 Å². The van der Waals surface area contributed by atoms with E-state index >= 15 is 0 Å². The molecule has 2 atom stereocenters. The van der Waals surface area contributed by atoms with Gasteiger partial charge < -0.3 is 15.0 Å². The molecule has 2 aliphatic rings. The predicted octanol–water partition coefficient (Wildman–Crippen LogP) is 3.64. The van der Waals surface area contributed by atoms with Gasteiger partial charge in [0, 0.05) is 25.6 Å². The predicted molar refractivity (Wildman–Crippen MR) is 97.0 cm³/mol. The maximum Gasteiger partial charge on any atom is 0.223 e. The molecule has 1 amide bonds. The highest BCUT2D eigenvalue weighted by molar-refractivity contribution is 5.78. The van der Waals surface area contributed by atoms with E-state index < -0.39 is 0 Å². The van der Waals surface area contributed by atoms with E-state index in [1.54, 1.807) is 6.07 Å². The maximum atomic E-state index is 14.6. The Hall–Kier alpha value is -1.62. The van der Waals surface area contributed by atoms with E-state index in [1.807, 2.05) is 30.9 Å². The third kappa shape index (κ3) is 4.72. The summed E-state index contributed by atoms with van der Waals surface area (Å²) in [5.41, 5.74) is 1.42. The van der Waals surface area contributed by atoms with Crippen LogP contribution in [0.25, 0.3) is 0 Å². The minimum Gasteiger partial charge on any atom is -0.372 e. The van der Waals surface area contributed by atoms with Crippen LogP contribution in [0.1, 0.15) is 51.5 Å². The Kier molecular flexibility index (Phi) is 5.94. The van der Waals surface area contributed by atoms with E-state index in [2.05, 4.69) is 5.32 Å². The number of hydrogen-bond donors (Lipinski definition) is 1. The molecule has 1 N–H and O–H groups in total. The number of rotatable bonds is 4. The Bertz CT molecular complexity index is 591. The van der Waals surface area contributed by atoms with E-state index in [4.69, 9.17) is 4.74 Å². The van der Waals surface area contributed by atoms with Crippen molar-refractivity contribution in [3.8, 4) is 0 Å². The van der Waals surface area contributed by atoms with Gasteiger partial charge in [-0.25, -0.2) is 4.39 Å². The number of carbonyl (C=O) groups is 1. The Morgan fingerprint density at radius 1 is 1.20 bits per heavy atom. The third-order valence-electron chi connectivity index (χ3n) is 5.22. The molecule has 1 heterocycles. The topological polar surface area (TPSA) is 41.6 Å². The molecule has 0 spiro atoms. The minimum absolute atomic E-state index is 0.0950. The molecular formula is C20H29FN2O2. The van der Waals surface area contributed by atoms with Crippen molar-refractivity contribution in [1.82, 2.24) is 5.32 Å². The summed E-state index contributed by atoms with van der Waals surface area (Å²) in [4.78, 5) is 14.3. The number of morpholine rings is 1. The highest BCUT2D eigenvalue weighted by Crippen LogP contribution is 2.25. The van der Waals surface area contributed by atoms with Crippen LogP contribution in [-0.2, 0) is 16.1 Å². The molecule has 3 rings (SSSR count). The lowest BCUT2D eigenvalue weighted by Gasteiger charge is -2.37. The van der Waals surface area contributed by atoms with E-state index in [9.17, 15) is 9.18 Å². The lowest BCUT2D eigenvalue weighted by molar-refractivity contribution is -0.126. The molecule has 0 aromatic heterocycles. The first-order valence-electron chi connectivity index (χ1n) is 9.49. The number of nitrogens with one attached hydrogen (secondary N) is 1. The second-order valence-electron chi connectivity index (χ2n) is 7.50. The average Bonchev–Trinajstić information content (AvgIpc) is 2.59. The first-order chi connectivity index (χ1) is 12.0. The molecule has 138 valence electrons. The van der Waals surface area contributed by atoms with Gasteiger partial charge in [-0.05, 0) is 44.4 Å². The SMILES string of the molecule is CC1CN(c2ccc(CNC(=O)C3CCCCC3)cc2F)CC(C)O1. The molecule has 4 nitrogen and oxygen atoms in total. The first-order valence-corrected chi connectivity index (χ1v) is 9.49. The summed E-state index contributed by atoms with van der Waals surface area (Å²) in [6, 6.07) is 5.27. The van der Waals surface area contributed by atoms with Crippen molar-refractivity contribution in [3.63, 3.8) is 0 Å². The van der Waals surface area contributed by atoms with E-state index in [-0.39, 0.29) is 29.9 Å². The van der Waals surface area contributed by atoms with Crippen molar-refractivity contribution >= 4 is 11.6 Å². The zero-order valence-electron chi connectivity index (χ0n) is 15.3. The molecule has 0 bridgehead atoms. The van der Waals surface area contributed by atoms with Gasteiger partial charge >= 0.3 is 0 Å². The molecule has 0 radical (unpaired) electrons. The summed E-state index contributed by atoms with van der Waals surface area (Å²) in [5.74, 6) is 0.0138. The van der Waals surface area contributed by atoms with Crippen molar-refractivity contribution in [3.05, 3.63) is 29.6 Å². The van der Waals surface area contributed by atoms with Gasteiger partial charge in [0.05, 0.1) is 17.9 Å². The molecule has 1 saturated heterocycles. The Balaban J connectivity index is 1.59. The van der Waals surface area contributed by atoms with Crippen LogP contribution in [0.2, 0.25) is 0 Å². The maximum absolute atomic E-state index is 14.6. The van der Waals surface area contributed by atoms with Crippen LogP contribution in [0.5, 0.6) is 0 Å². The van der Waals surface area contributed by atoms with Gasteiger partial charge in [0.15, 0.2) is 0 Å². The van der Waals surface area contributed by atoms with Crippen LogP contribution in [0, 0.1) is 11.7 Å². The van der Waals surface area contributed by atoms with Crippen LogP contribution >= 0.6 is 0 Å². The molecule has 2 unspecified atom stereocenters. The van der Waals surface area contributed by atoms with Crippen molar-refractivity contribution in [2.24, 2.45) is 5.92 Å². The summed E-state index contributed by atoms with van der Waals surface area (Å²) in [6.45, 7) is 5.80. The number of benzene rings is 1. The lowest BCUT2D eigenvalue weighted by Crippen LogP contribution is -2.45. The number of amides is 1. The lowest BCUT2D eigenvalue weighted by atomic mass is 9.88. The molecule has 1 saturated carbocycles. The molecule has 1 aromatic carbocycles. The Morgan fingerprint density at radius 2 is 1.88 bits per heavy atom. The Morgan fingerprint density at radius 3 is 2.52 bits per heavy atom. The molecule has 1 aromatic rings. The minimum atomic E-state index is -0.231. The number of anilines is 1. The molecular weight excluding hydrogens is 319 g/mol. The average molecular weight is 348 g/mol. The first kappa shape index (κ1) is 18.2. The summed E-state index contributed by atoms with van der Waals surface area (Å²) >= 11 is 0. The zero-order valence-corrected chi connectivity index (χ0v) is 15.3. The van der Waals surface area contributed by atoms with Gasteiger partial charge in [-0.2, -0.15) is 0 Å². The number of nitrogens with zero attached hydrogens (tertiary/aromatic N) is 1. The standard InChI is InChI=1S/C20H29FN2O2/c1-14-12-23(13-15(2)25-14)19-9-8-16(10-18(19)21)11-22-20(24)17-6-4-3-5-7-17/h8-10,14-15,17H,3-7,11-13H2,1-2H3,(H,22,24). The van der Waals surface area contributed by atoms with Crippen molar-refractivity contribution in [2.75, 3.05) is 18.0 Å². The largest absolute Gasteiger partial charge is 0.372 e. The van der Waals surface area contributed by atoms with Gasteiger partial charge in [0.2, 0.25) is 5.91 Å². The third-order valence-corrected chi connectivity index (χ3v) is 5.22. The molecule has 2 fully saturated rings. The second-order valence-corrected chi connectivity index (χ2v) is 7.50. The summed E-state index contributed by atoms with van der Waals surface area (Å²) in [7, 11) is 0. The molecule has 5 heteroatoms. The normalized spacial score (nSPS) is 25.0. The van der Waals surface area contributed by atoms with Crippen LogP contribution in [-0.4, -0.2) is 31.2 Å². The van der Waals surface area contributed by atoms with Gasteiger partial charge in [-0.15, -0.1) is 0 Å². The molecule has 1 aliphatic heterocycles. The number of carbonyl (C=O) groups excluding carboxylic acids is 1. The summed E-state index contributed by atoms with van der Waals surface area (Å²) in [6.07, 6.45) is 5.65. The highest BCUT2D eigenvalue weighted by Gasteiger charge is 2.24. The van der Waals surface area contributed by atoms with Crippen LogP contribution in [0.3, 0.4) is 0 Å². The highest BCUT2D eigenvalue weighted by atomic mass is 19.1. The van der Waals surface area contributed by atoms with Crippen LogP contribution in [0.15, 0.2) is 18.2 Å². The van der Waals surface area contributed by atoms with Gasteiger partial charge in [0.25, 0.3) is 0 Å². The molecule has 25 heavy (non-hydrogen) atoms. The fourth-order valence-electron chi connectivity index (χ4n) is 3.99. The summed E-state index contributed by atoms with van der Waals surface area (Å²) in [5, 5.41) is 2.97. The van der Waals surface area contributed by atoms with Gasteiger partial charge in [0.1, 0.15) is 5.82 Å². The zero-order chi connectivity index (χ0) is 17.8. The second kappa shape index (κ2) is 8.17. The number of ether oxygens (including phenoxy) is 1. The van der Waals surface area contributed by atoms with E-state index in [0.717, 1.165) is 31.2 Å². The quantitative estimate of drug-likeness (QED) is 0.903. The fourth-order valence-corrected chi connectivity index (χ4v) is 3.99. The fraction of sp³-hybridized carbons (Fsp3) is 0.650. The van der Waals surface area contributed by atoms with Gasteiger partial charge in [-0.1, -0.05) is 25.3 Å². The van der Waals surface area contributed by atoms with Gasteiger partial charge in [-0.3, -0.25) is 4.79 Å². The monoisotopic (exact) mass is 348 g/mol. The molecule has 1 aliphatic carbocycles. The summed E-state index contributed by atoms with van der Waals surface area (Å²) < 4.78 is 20.3. The van der Waals surface area contributed by atoms with Crippen LogP contribution in [0.4, 0.5) is 10.1 Å².